The van der Waals surface area contributed by atoms with Crippen LogP contribution in [0.25, 0.3) is 0 Å². The first kappa shape index (κ1) is 33.2. The topological polar surface area (TPSA) is 114 Å². The van der Waals surface area contributed by atoms with Gasteiger partial charge in [0.05, 0.1) is 19.0 Å². The maximum Gasteiger partial charge on any atom is 0.408 e. The van der Waals surface area contributed by atoms with Gasteiger partial charge in [-0.1, -0.05) is 100 Å². The predicted octanol–water partition coefficient (Wildman–Crippen LogP) is 5.99. The number of para-hydroxylation sites is 2. The third-order valence-electron chi connectivity index (χ3n) is 8.07. The molecule has 0 unspecified atom stereocenters. The number of hydrogen-bond donors (Lipinski definition) is 2. The van der Waals surface area contributed by atoms with Gasteiger partial charge in [-0.2, -0.15) is 0 Å². The summed E-state index contributed by atoms with van der Waals surface area (Å²) in [5, 5.41) is 5.37. The maximum atomic E-state index is 13.4. The van der Waals surface area contributed by atoms with E-state index < -0.39 is 35.3 Å². The fraction of sp³-hybridized carbons (Fsp3) is 0.389. The van der Waals surface area contributed by atoms with E-state index >= 15 is 0 Å². The number of unbranched alkanes of at least 4 members (excludes halogenated alkanes) is 1. The molecule has 0 aromatic heterocycles. The largest absolute Gasteiger partial charge is 0.457 e. The van der Waals surface area contributed by atoms with Crippen molar-refractivity contribution in [1.82, 2.24) is 15.5 Å². The van der Waals surface area contributed by atoms with Gasteiger partial charge in [0.1, 0.15) is 23.6 Å². The molecule has 1 aliphatic rings. The number of likely N-dealkylation sites (tertiary alicyclic amines) is 1. The van der Waals surface area contributed by atoms with Crippen LogP contribution in [0.15, 0.2) is 84.9 Å². The molecule has 1 fully saturated rings. The molecule has 4 rings (SSSR count). The first-order valence-electron chi connectivity index (χ1n) is 15.5. The number of alkyl carbamates (subject to hydrolysis) is 1. The standard InChI is InChI=1S/C36H43N3O6/c1-5-6-20-29(33(41)34(42)37-25(2)26-15-9-7-10-16-26)38-35(43)45-31-23-39(24-36(31,3)4)32(40)22-27-17-13-14-21-30(27)44-28-18-11-8-12-19-28/h7-19,21,25,29,31H,5-6,20,22-24H2,1-4H3,(H,37,42)(H,38,43)/t25-,29+,31+/m1/s1. The Labute approximate surface area is 265 Å². The van der Waals surface area contributed by atoms with Crippen molar-refractivity contribution in [3.05, 3.63) is 96.1 Å². The van der Waals surface area contributed by atoms with E-state index in [4.69, 9.17) is 9.47 Å². The van der Waals surface area contributed by atoms with Crippen LogP contribution in [0.3, 0.4) is 0 Å². The summed E-state index contributed by atoms with van der Waals surface area (Å²) < 4.78 is 11.8. The third-order valence-corrected chi connectivity index (χ3v) is 8.07. The molecule has 1 aliphatic heterocycles. The summed E-state index contributed by atoms with van der Waals surface area (Å²) in [5.41, 5.74) is 1.09. The maximum absolute atomic E-state index is 13.4. The molecule has 0 aliphatic carbocycles. The summed E-state index contributed by atoms with van der Waals surface area (Å²) >= 11 is 0. The lowest BCUT2D eigenvalue weighted by Gasteiger charge is -2.26. The van der Waals surface area contributed by atoms with Gasteiger partial charge in [-0.25, -0.2) is 4.79 Å². The fourth-order valence-electron chi connectivity index (χ4n) is 5.37. The molecule has 0 spiro atoms. The normalized spacial score (nSPS) is 16.7. The van der Waals surface area contributed by atoms with Crippen molar-refractivity contribution < 1.29 is 28.7 Å². The number of Topliss-reactive ketones (excluding diaryl/α,β-unsaturated/α-hetero) is 1. The highest BCUT2D eigenvalue weighted by Crippen LogP contribution is 2.33. The van der Waals surface area contributed by atoms with Crippen LogP contribution < -0.4 is 15.4 Å². The van der Waals surface area contributed by atoms with Gasteiger partial charge in [0, 0.05) is 17.5 Å². The average molecular weight is 614 g/mol. The Morgan fingerprint density at radius 2 is 1.56 bits per heavy atom. The van der Waals surface area contributed by atoms with Crippen LogP contribution in [-0.4, -0.2) is 53.8 Å². The van der Waals surface area contributed by atoms with Crippen LogP contribution in [0.1, 0.15) is 64.1 Å². The molecular weight excluding hydrogens is 570 g/mol. The molecule has 45 heavy (non-hydrogen) atoms. The summed E-state index contributed by atoms with van der Waals surface area (Å²) in [4.78, 5) is 54.2. The van der Waals surface area contributed by atoms with E-state index in [2.05, 4.69) is 10.6 Å². The molecule has 3 aromatic rings. The zero-order chi connectivity index (χ0) is 32.4. The minimum atomic E-state index is -1.02. The highest BCUT2D eigenvalue weighted by Gasteiger charge is 2.44. The van der Waals surface area contributed by atoms with Crippen molar-refractivity contribution in [3.63, 3.8) is 0 Å². The van der Waals surface area contributed by atoms with E-state index in [9.17, 15) is 19.2 Å². The summed E-state index contributed by atoms with van der Waals surface area (Å²) in [5.74, 6) is -0.311. The number of carbonyl (C=O) groups is 4. The Morgan fingerprint density at radius 1 is 0.911 bits per heavy atom. The quantitative estimate of drug-likeness (QED) is 0.229. The molecule has 0 bridgehead atoms. The molecule has 3 amide bonds. The Hall–Kier alpha value is -4.66. The molecule has 9 heteroatoms. The lowest BCUT2D eigenvalue weighted by Crippen LogP contribution is -2.49. The van der Waals surface area contributed by atoms with Crippen LogP contribution in [0.4, 0.5) is 4.79 Å². The minimum absolute atomic E-state index is 0.112. The molecule has 2 N–H and O–H groups in total. The summed E-state index contributed by atoms with van der Waals surface area (Å²) in [6, 6.07) is 24.7. The molecule has 238 valence electrons. The number of hydrogen-bond acceptors (Lipinski definition) is 6. The Balaban J connectivity index is 1.35. The SMILES string of the molecule is CCCC[C@H](NC(=O)O[C@H]1CN(C(=O)Cc2ccccc2Oc2ccccc2)CC1(C)C)C(=O)C(=O)N[C@H](C)c1ccccc1. The van der Waals surface area contributed by atoms with Gasteiger partial charge in [0.15, 0.2) is 0 Å². The van der Waals surface area contributed by atoms with E-state index in [1.807, 2.05) is 106 Å². The van der Waals surface area contributed by atoms with Crippen molar-refractivity contribution in [3.8, 4) is 11.5 Å². The zero-order valence-electron chi connectivity index (χ0n) is 26.5. The number of benzene rings is 3. The number of ether oxygens (including phenoxy) is 2. The van der Waals surface area contributed by atoms with Crippen LogP contribution in [0.2, 0.25) is 0 Å². The molecule has 1 heterocycles. The lowest BCUT2D eigenvalue weighted by molar-refractivity contribution is -0.139. The lowest BCUT2D eigenvalue weighted by atomic mass is 9.90. The molecule has 1 saturated heterocycles. The van der Waals surface area contributed by atoms with Crippen molar-refractivity contribution >= 4 is 23.7 Å². The summed E-state index contributed by atoms with van der Waals surface area (Å²) in [7, 11) is 0. The second-order valence-corrected chi connectivity index (χ2v) is 12.2. The number of rotatable bonds is 13. The second kappa shape index (κ2) is 15.4. The molecular formula is C36H43N3O6. The summed E-state index contributed by atoms with van der Waals surface area (Å²) in [6.07, 6.45) is 0.469. The van der Waals surface area contributed by atoms with Gasteiger partial charge >= 0.3 is 6.09 Å². The van der Waals surface area contributed by atoms with Gasteiger partial charge in [-0.05, 0) is 37.1 Å². The highest BCUT2D eigenvalue weighted by atomic mass is 16.6. The number of nitrogens with zero attached hydrogens (tertiary/aromatic N) is 1. The smallest absolute Gasteiger partial charge is 0.408 e. The van der Waals surface area contributed by atoms with E-state index in [-0.39, 0.29) is 24.9 Å². The van der Waals surface area contributed by atoms with Crippen LogP contribution in [-0.2, 0) is 25.5 Å². The molecule has 3 aromatic carbocycles. The van der Waals surface area contributed by atoms with Crippen molar-refractivity contribution in [2.24, 2.45) is 5.41 Å². The van der Waals surface area contributed by atoms with E-state index in [0.29, 0.717) is 30.9 Å². The van der Waals surface area contributed by atoms with Crippen LogP contribution >= 0.6 is 0 Å². The van der Waals surface area contributed by atoms with E-state index in [1.54, 1.807) is 11.8 Å². The number of nitrogens with one attached hydrogen (secondary N) is 2. The third kappa shape index (κ3) is 9.17. The molecule has 9 nitrogen and oxygen atoms in total. The monoisotopic (exact) mass is 613 g/mol. The van der Waals surface area contributed by atoms with Crippen molar-refractivity contribution in [2.45, 2.75) is 71.6 Å². The first-order valence-corrected chi connectivity index (χ1v) is 15.5. The Kier molecular flexibility index (Phi) is 11.4. The van der Waals surface area contributed by atoms with Gasteiger partial charge in [0.2, 0.25) is 11.7 Å². The van der Waals surface area contributed by atoms with E-state index in [0.717, 1.165) is 17.5 Å². The van der Waals surface area contributed by atoms with Crippen molar-refractivity contribution in [1.29, 1.82) is 0 Å². The van der Waals surface area contributed by atoms with Crippen LogP contribution in [0.5, 0.6) is 11.5 Å². The van der Waals surface area contributed by atoms with Gasteiger partial charge in [0.25, 0.3) is 5.91 Å². The Bertz CT molecular complexity index is 1460. The minimum Gasteiger partial charge on any atom is -0.457 e. The summed E-state index contributed by atoms with van der Waals surface area (Å²) in [6.45, 7) is 8.24. The van der Waals surface area contributed by atoms with E-state index in [1.165, 1.54) is 0 Å². The van der Waals surface area contributed by atoms with Gasteiger partial charge in [-0.15, -0.1) is 0 Å². The van der Waals surface area contributed by atoms with Crippen molar-refractivity contribution in [2.75, 3.05) is 13.1 Å². The number of ketones is 1. The van der Waals surface area contributed by atoms with Gasteiger partial charge < -0.3 is 25.0 Å². The molecule has 0 saturated carbocycles. The first-order chi connectivity index (χ1) is 21.6. The Morgan fingerprint density at radius 3 is 2.24 bits per heavy atom. The molecule has 0 radical (unpaired) electrons. The molecule has 3 atom stereocenters. The second-order valence-electron chi connectivity index (χ2n) is 12.2. The fourth-order valence-corrected chi connectivity index (χ4v) is 5.37. The zero-order valence-corrected chi connectivity index (χ0v) is 26.5. The highest BCUT2D eigenvalue weighted by molar-refractivity contribution is 6.38. The van der Waals surface area contributed by atoms with Gasteiger partial charge in [-0.3, -0.25) is 14.4 Å². The predicted molar refractivity (Wildman–Crippen MR) is 172 cm³/mol. The number of carbonyl (C=O) groups excluding carboxylic acids is 4. The van der Waals surface area contributed by atoms with Crippen LogP contribution in [0, 0.1) is 5.41 Å². The number of amides is 3. The average Bonchev–Trinajstić information content (AvgIpc) is 3.34.